The molecule has 8 heteroatoms. The largest absolute Gasteiger partial charge is 0.465 e. The molecule has 10 heavy (non-hydrogen) atoms. The van der Waals surface area contributed by atoms with Crippen LogP contribution < -0.4 is 10.5 Å². The molecule has 0 heterocycles. The maximum Gasteiger partial charge on any atom is 0.408 e. The van der Waals surface area contributed by atoms with Crippen LogP contribution in [-0.2, 0) is 0 Å². The second kappa shape index (κ2) is 8.37. The van der Waals surface area contributed by atoms with E-state index in [2.05, 4.69) is 17.4 Å². The average molecular weight is 188 g/mol. The van der Waals surface area contributed by atoms with Crippen LogP contribution in [-0.4, -0.2) is 17.4 Å². The lowest BCUT2D eigenvalue weighted by Gasteiger charge is -1.82. The molecule has 2 amide bonds. The molecule has 4 N–H and O–H groups in total. The molecule has 0 unspecified atom stereocenters. The Morgan fingerprint density at radius 1 is 1.70 bits per heavy atom. The third-order valence-corrected chi connectivity index (χ3v) is 0.652. The highest BCUT2D eigenvalue weighted by Crippen LogP contribution is 1.96. The first-order valence-electron chi connectivity index (χ1n) is 1.75. The number of nitrogens with two attached hydrogens (primary N) is 1. The van der Waals surface area contributed by atoms with Gasteiger partial charge in [0.2, 0.25) is 0 Å². The fraction of sp³-hybridized carbons (Fsp3) is 0. The summed E-state index contributed by atoms with van der Waals surface area (Å²) in [6.45, 7) is 0. The summed E-state index contributed by atoms with van der Waals surface area (Å²) in [7, 11) is 0.630. The van der Waals surface area contributed by atoms with Crippen molar-refractivity contribution >= 4 is 34.9 Å². The molecule has 0 aliphatic rings. The van der Waals surface area contributed by atoms with E-state index in [4.69, 9.17) is 9.90 Å². The van der Waals surface area contributed by atoms with Crippen LogP contribution in [0.1, 0.15) is 0 Å². The van der Waals surface area contributed by atoms with E-state index in [9.17, 15) is 9.18 Å². The zero-order valence-electron chi connectivity index (χ0n) is 4.57. The number of nitrogens with one attached hydrogen (secondary N) is 1. The quantitative estimate of drug-likeness (QED) is 0.161. The van der Waals surface area contributed by atoms with Crippen molar-refractivity contribution in [3.63, 3.8) is 0 Å². The number of halogens is 1. The van der Waals surface area contributed by atoms with Crippen molar-refractivity contribution in [2.24, 2.45) is 5.73 Å². The number of hydrogen-bond acceptors (Lipinski definition) is 4. The molecule has 0 fully saturated rings. The van der Waals surface area contributed by atoms with Gasteiger partial charge in [0.1, 0.15) is 0 Å². The van der Waals surface area contributed by atoms with E-state index in [1.165, 1.54) is 0 Å². The molecule has 0 aromatic rings. The summed E-state index contributed by atoms with van der Waals surface area (Å²) < 4.78 is 12.6. The minimum Gasteiger partial charge on any atom is -0.465 e. The van der Waals surface area contributed by atoms with Crippen LogP contribution in [0.4, 0.5) is 14.0 Å². The molecule has 0 bridgehead atoms. The predicted molar refractivity (Wildman–Crippen MR) is 38.4 cm³/mol. The number of amides is 2. The number of thiol groups is 1. The summed E-state index contributed by atoms with van der Waals surface area (Å²) in [6.07, 6.45) is -2.91. The molecule has 0 aromatic carbocycles. The molecule has 0 aromatic heterocycles. The van der Waals surface area contributed by atoms with Crippen molar-refractivity contribution in [1.82, 2.24) is 4.72 Å². The first-order valence-corrected chi connectivity index (χ1v) is 3.62. The van der Waals surface area contributed by atoms with Crippen LogP contribution in [0.3, 0.4) is 0 Å². The van der Waals surface area contributed by atoms with E-state index in [1.807, 2.05) is 0 Å². The fourth-order valence-corrected chi connectivity index (χ4v) is 0.323. The van der Waals surface area contributed by atoms with Gasteiger partial charge in [-0.1, -0.05) is 11.7 Å². The van der Waals surface area contributed by atoms with E-state index in [-0.39, 0.29) is 0 Å². The minimum absolute atomic E-state index is 0.630. The number of primary amides is 1. The summed E-state index contributed by atoms with van der Waals surface area (Å²) in [5.41, 5.74) is 4.03. The molecule has 0 atom stereocenters. The summed E-state index contributed by atoms with van der Waals surface area (Å²) in [6, 6.07) is 0. The smallest absolute Gasteiger partial charge is 0.408 e. The predicted octanol–water partition coefficient (Wildman–Crippen LogP) is 0.782. The average Bonchev–Trinajstić information content (AvgIpc) is 1.62. The lowest BCUT2D eigenvalue weighted by atomic mass is 11.3. The van der Waals surface area contributed by atoms with Gasteiger partial charge in [-0.05, 0) is 0 Å². The second-order valence-electron chi connectivity index (χ2n) is 0.805. The number of hydrogen-bond donors (Lipinski definition) is 4. The standard InChI is InChI=1S/CH2FNOS2.CH3NO2/c2-1(4)3-6-5;2-1(3)4/h5H,(H,3,4);2H2,(H,3,4). The maximum atomic E-state index is 10.9. The molecular formula is C2H5FN2O3S2. The first kappa shape index (κ1) is 12.1. The van der Waals surface area contributed by atoms with Crippen molar-refractivity contribution in [1.29, 1.82) is 0 Å². The Labute approximate surface area is 65.1 Å². The molecule has 0 saturated carbocycles. The van der Waals surface area contributed by atoms with Crippen LogP contribution in [0.2, 0.25) is 0 Å². The Morgan fingerprint density at radius 3 is 2.00 bits per heavy atom. The van der Waals surface area contributed by atoms with Gasteiger partial charge in [-0.25, -0.2) is 9.59 Å². The number of rotatable bonds is 1. The second-order valence-corrected chi connectivity index (χ2v) is 1.74. The Balaban J connectivity index is 0. The van der Waals surface area contributed by atoms with Crippen molar-refractivity contribution in [3.8, 4) is 0 Å². The van der Waals surface area contributed by atoms with Gasteiger partial charge in [-0.15, -0.1) is 4.39 Å². The van der Waals surface area contributed by atoms with E-state index in [0.717, 1.165) is 0 Å². The summed E-state index contributed by atoms with van der Waals surface area (Å²) in [4.78, 5) is 18.0. The lowest BCUT2D eigenvalue weighted by molar-refractivity contribution is 0.205. The molecule has 5 nitrogen and oxygen atoms in total. The van der Waals surface area contributed by atoms with Crippen molar-refractivity contribution in [2.75, 3.05) is 0 Å². The Kier molecular flexibility index (Phi) is 10.1. The van der Waals surface area contributed by atoms with Gasteiger partial charge >= 0.3 is 12.3 Å². The van der Waals surface area contributed by atoms with Gasteiger partial charge in [0.15, 0.2) is 0 Å². The van der Waals surface area contributed by atoms with Gasteiger partial charge in [0.25, 0.3) is 0 Å². The van der Waals surface area contributed by atoms with Gasteiger partial charge in [-0.3, -0.25) is 4.72 Å². The van der Waals surface area contributed by atoms with Crippen LogP contribution in [0.25, 0.3) is 0 Å². The maximum absolute atomic E-state index is 10.9. The molecule has 60 valence electrons. The molecule has 0 aliphatic heterocycles. The zero-order valence-corrected chi connectivity index (χ0v) is 6.29. The molecular weight excluding hydrogens is 183 g/mol. The number of carboxylic acid groups (broad SMARTS) is 1. The molecule has 0 radical (unpaired) electrons. The molecule has 0 aliphatic carbocycles. The molecule has 0 saturated heterocycles. The fourth-order valence-electron chi connectivity index (χ4n) is 0.0359. The Hall–Kier alpha value is -0.630. The van der Waals surface area contributed by atoms with Crippen LogP contribution >= 0.6 is 22.6 Å². The van der Waals surface area contributed by atoms with Crippen molar-refractivity contribution in [2.45, 2.75) is 0 Å². The minimum atomic E-state index is -1.57. The first-order chi connectivity index (χ1) is 4.50. The third kappa shape index (κ3) is 53.2. The highest BCUT2D eigenvalue weighted by Gasteiger charge is 1.87. The van der Waals surface area contributed by atoms with Crippen molar-refractivity contribution < 1.29 is 19.1 Å². The van der Waals surface area contributed by atoms with E-state index in [1.54, 1.807) is 4.72 Å². The van der Waals surface area contributed by atoms with Gasteiger partial charge < -0.3 is 10.8 Å². The Morgan fingerprint density at radius 2 is 2.00 bits per heavy atom. The number of carbonyl (C=O) groups is 2. The zero-order chi connectivity index (χ0) is 8.57. The summed E-state index contributed by atoms with van der Waals surface area (Å²) in [5.74, 6) is 0. The van der Waals surface area contributed by atoms with Crippen LogP contribution in [0.5, 0.6) is 0 Å². The highest BCUT2D eigenvalue weighted by atomic mass is 33.1. The molecule has 0 spiro atoms. The topological polar surface area (TPSA) is 92.4 Å². The van der Waals surface area contributed by atoms with E-state index >= 15 is 0 Å². The van der Waals surface area contributed by atoms with Gasteiger partial charge in [-0.2, -0.15) is 0 Å². The monoisotopic (exact) mass is 188 g/mol. The van der Waals surface area contributed by atoms with Crippen LogP contribution in [0, 0.1) is 0 Å². The normalized spacial score (nSPS) is 7.00. The highest BCUT2D eigenvalue weighted by molar-refractivity contribution is 8.67. The SMILES string of the molecule is NC(=O)O.O=C(F)NSS. The third-order valence-electron chi connectivity index (χ3n) is 0.126. The van der Waals surface area contributed by atoms with Crippen LogP contribution in [0.15, 0.2) is 0 Å². The molecule has 0 rings (SSSR count). The number of carbonyl (C=O) groups excluding carboxylic acids is 1. The van der Waals surface area contributed by atoms with E-state index < -0.39 is 12.3 Å². The van der Waals surface area contributed by atoms with E-state index in [0.29, 0.717) is 11.0 Å². The summed E-state index contributed by atoms with van der Waals surface area (Å²) in [5, 5.41) is 7.19. The lowest BCUT2D eigenvalue weighted by Crippen LogP contribution is -2.03. The van der Waals surface area contributed by atoms with Gasteiger partial charge in [0, 0.05) is 11.0 Å². The van der Waals surface area contributed by atoms with Gasteiger partial charge in [0.05, 0.1) is 0 Å². The van der Waals surface area contributed by atoms with Crippen molar-refractivity contribution in [3.05, 3.63) is 0 Å². The summed E-state index contributed by atoms with van der Waals surface area (Å²) >= 11 is 3.40. The Bertz CT molecular complexity index is 117.